The molecule has 3 rings (SSSR count). The van der Waals surface area contributed by atoms with Gasteiger partial charge in [0.1, 0.15) is 5.75 Å². The number of benzene rings is 1. The lowest BCUT2D eigenvalue weighted by atomic mass is 10.1. The van der Waals surface area contributed by atoms with Crippen molar-refractivity contribution < 1.29 is 9.47 Å². The molecule has 0 radical (unpaired) electrons. The summed E-state index contributed by atoms with van der Waals surface area (Å²) in [5.41, 5.74) is 7.60. The maximum Gasteiger partial charge on any atom is 0.239 e. The van der Waals surface area contributed by atoms with Crippen LogP contribution >= 0.6 is 34.8 Å². The Balaban J connectivity index is 1.85. The van der Waals surface area contributed by atoms with E-state index in [1.165, 1.54) is 12.1 Å². The fourth-order valence-electron chi connectivity index (χ4n) is 2.18. The van der Waals surface area contributed by atoms with Crippen LogP contribution in [0.3, 0.4) is 0 Å². The third kappa shape index (κ3) is 4.27. The second-order valence-corrected chi connectivity index (χ2v) is 6.45. The lowest BCUT2D eigenvalue weighted by Gasteiger charge is -2.11. The predicted octanol–water partition coefficient (Wildman–Crippen LogP) is 4.81. The zero-order valence-corrected chi connectivity index (χ0v) is 15.8. The highest BCUT2D eigenvalue weighted by molar-refractivity contribution is 6.37. The van der Waals surface area contributed by atoms with Crippen molar-refractivity contribution in [3.05, 3.63) is 63.0 Å². The van der Waals surface area contributed by atoms with Crippen LogP contribution in [0, 0.1) is 0 Å². The Morgan fingerprint density at radius 1 is 1.04 bits per heavy atom. The number of ether oxygens (including phenoxy) is 2. The van der Waals surface area contributed by atoms with Crippen molar-refractivity contribution in [2.24, 2.45) is 0 Å². The molecule has 0 unspecified atom stereocenters. The molecule has 0 aliphatic rings. The normalized spacial score (nSPS) is 10.6. The van der Waals surface area contributed by atoms with Crippen molar-refractivity contribution >= 4 is 40.5 Å². The third-order valence-electron chi connectivity index (χ3n) is 3.43. The van der Waals surface area contributed by atoms with E-state index >= 15 is 0 Å². The van der Waals surface area contributed by atoms with E-state index in [0.717, 1.165) is 5.69 Å². The van der Waals surface area contributed by atoms with E-state index in [4.69, 9.17) is 50.0 Å². The molecule has 134 valence electrons. The van der Waals surface area contributed by atoms with Gasteiger partial charge in [-0.15, -0.1) is 10.2 Å². The van der Waals surface area contributed by atoms with Gasteiger partial charge in [-0.1, -0.05) is 34.8 Å². The smallest absolute Gasteiger partial charge is 0.239 e. The number of pyridine rings is 1. The van der Waals surface area contributed by atoms with Gasteiger partial charge in [0.25, 0.3) is 0 Å². The van der Waals surface area contributed by atoms with E-state index in [2.05, 4.69) is 15.2 Å². The van der Waals surface area contributed by atoms with Gasteiger partial charge in [0.2, 0.25) is 5.88 Å². The van der Waals surface area contributed by atoms with Crippen LogP contribution in [0.4, 0.5) is 5.69 Å². The molecular weight excluding hydrogens is 399 g/mol. The number of nitrogens with zero attached hydrogens (tertiary/aromatic N) is 3. The molecule has 0 saturated heterocycles. The number of methoxy groups -OCH3 is 1. The summed E-state index contributed by atoms with van der Waals surface area (Å²) in [6.45, 7) is 0. The maximum atomic E-state index is 6.14. The molecule has 0 amide bonds. The molecule has 2 N–H and O–H groups in total. The molecule has 26 heavy (non-hydrogen) atoms. The quantitative estimate of drug-likeness (QED) is 0.607. The van der Waals surface area contributed by atoms with E-state index in [9.17, 15) is 0 Å². The summed E-state index contributed by atoms with van der Waals surface area (Å²) in [5.74, 6) is 1.11. The first kappa shape index (κ1) is 18.5. The molecule has 2 aromatic heterocycles. The van der Waals surface area contributed by atoms with Crippen molar-refractivity contribution in [1.29, 1.82) is 0 Å². The summed E-state index contributed by atoms with van der Waals surface area (Å²) in [5, 5.41) is 8.62. The maximum absolute atomic E-state index is 6.14. The lowest BCUT2D eigenvalue weighted by molar-refractivity contribution is 0.412. The minimum atomic E-state index is 0.200. The van der Waals surface area contributed by atoms with Gasteiger partial charge >= 0.3 is 0 Å². The fraction of sp³-hybridized carbons (Fsp3) is 0.118. The molecule has 0 bridgehead atoms. The SMILES string of the molecule is COc1ccc(Cc2cc(Oc3c(Cl)cc(N)cc3Cl)nnc2Cl)nc1. The molecule has 2 heterocycles. The zero-order valence-electron chi connectivity index (χ0n) is 13.5. The van der Waals surface area contributed by atoms with Crippen molar-refractivity contribution in [3.63, 3.8) is 0 Å². The highest BCUT2D eigenvalue weighted by atomic mass is 35.5. The molecule has 0 aliphatic carbocycles. The second kappa shape index (κ2) is 7.95. The molecule has 0 atom stereocenters. The van der Waals surface area contributed by atoms with Crippen LogP contribution in [-0.2, 0) is 6.42 Å². The summed E-state index contributed by atoms with van der Waals surface area (Å²) >= 11 is 18.4. The number of anilines is 1. The van der Waals surface area contributed by atoms with Gasteiger partial charge in [0.15, 0.2) is 10.9 Å². The Labute approximate surface area is 164 Å². The molecule has 0 fully saturated rings. The monoisotopic (exact) mass is 410 g/mol. The van der Waals surface area contributed by atoms with Gasteiger partial charge in [-0.2, -0.15) is 0 Å². The van der Waals surface area contributed by atoms with Crippen LogP contribution in [0.5, 0.6) is 17.4 Å². The number of nitrogens with two attached hydrogens (primary N) is 1. The van der Waals surface area contributed by atoms with Crippen molar-refractivity contribution in [2.45, 2.75) is 6.42 Å². The predicted molar refractivity (Wildman–Crippen MR) is 102 cm³/mol. The summed E-state index contributed by atoms with van der Waals surface area (Å²) in [7, 11) is 1.58. The number of halogens is 3. The van der Waals surface area contributed by atoms with E-state index < -0.39 is 0 Å². The number of aromatic nitrogens is 3. The van der Waals surface area contributed by atoms with Crippen LogP contribution in [0.1, 0.15) is 11.3 Å². The van der Waals surface area contributed by atoms with Crippen LogP contribution in [0.2, 0.25) is 15.2 Å². The van der Waals surface area contributed by atoms with Gasteiger partial charge in [-0.05, 0) is 24.3 Å². The number of hydrogen-bond donors (Lipinski definition) is 1. The van der Waals surface area contributed by atoms with Crippen LogP contribution in [0.25, 0.3) is 0 Å². The van der Waals surface area contributed by atoms with E-state index in [1.807, 2.05) is 12.1 Å². The molecule has 0 spiro atoms. The van der Waals surface area contributed by atoms with Crippen LogP contribution < -0.4 is 15.2 Å². The van der Waals surface area contributed by atoms with Gasteiger partial charge in [0, 0.05) is 29.4 Å². The molecule has 3 aromatic rings. The van der Waals surface area contributed by atoms with E-state index in [0.29, 0.717) is 23.4 Å². The average molecular weight is 412 g/mol. The third-order valence-corrected chi connectivity index (χ3v) is 4.31. The number of hydrogen-bond acceptors (Lipinski definition) is 6. The van der Waals surface area contributed by atoms with Crippen molar-refractivity contribution in [2.75, 3.05) is 12.8 Å². The summed E-state index contributed by atoms with van der Waals surface area (Å²) in [6.07, 6.45) is 2.07. The van der Waals surface area contributed by atoms with Crippen molar-refractivity contribution in [1.82, 2.24) is 15.2 Å². The number of nitrogen functional groups attached to an aromatic ring is 1. The fourth-order valence-corrected chi connectivity index (χ4v) is 2.92. The number of rotatable bonds is 5. The standard InChI is InChI=1S/C17H13Cl3N4O2/c1-25-12-3-2-11(22-8-12)4-9-5-15(23-24-17(9)20)26-16-13(18)6-10(21)7-14(16)19/h2-3,5-8H,4,21H2,1H3. The van der Waals surface area contributed by atoms with Crippen molar-refractivity contribution in [3.8, 4) is 17.4 Å². The largest absolute Gasteiger partial charge is 0.495 e. The van der Waals surface area contributed by atoms with E-state index in [-0.39, 0.29) is 26.8 Å². The Kier molecular flexibility index (Phi) is 5.66. The van der Waals surface area contributed by atoms with Crippen LogP contribution in [-0.4, -0.2) is 22.3 Å². The molecular formula is C17H13Cl3N4O2. The Morgan fingerprint density at radius 3 is 2.38 bits per heavy atom. The van der Waals surface area contributed by atoms with Gasteiger partial charge in [-0.3, -0.25) is 4.98 Å². The molecule has 6 nitrogen and oxygen atoms in total. The topological polar surface area (TPSA) is 83.2 Å². The Bertz CT molecular complexity index is 913. The highest BCUT2D eigenvalue weighted by Crippen LogP contribution is 2.38. The summed E-state index contributed by atoms with van der Waals surface area (Å²) in [4.78, 5) is 4.31. The molecule has 0 aliphatic heterocycles. The summed E-state index contributed by atoms with van der Waals surface area (Å²) in [6, 6.07) is 8.38. The molecule has 9 heteroatoms. The minimum absolute atomic E-state index is 0.200. The molecule has 0 saturated carbocycles. The zero-order chi connectivity index (χ0) is 18.7. The van der Waals surface area contributed by atoms with Gasteiger partial charge < -0.3 is 15.2 Å². The first-order chi connectivity index (χ1) is 12.5. The average Bonchev–Trinajstić information content (AvgIpc) is 2.61. The Morgan fingerprint density at radius 2 is 1.77 bits per heavy atom. The molecule has 1 aromatic carbocycles. The van der Waals surface area contributed by atoms with Gasteiger partial charge in [0.05, 0.1) is 23.4 Å². The first-order valence-electron chi connectivity index (χ1n) is 7.39. The first-order valence-corrected chi connectivity index (χ1v) is 8.53. The Hall–Kier alpha value is -2.28. The lowest BCUT2D eigenvalue weighted by Crippen LogP contribution is -1.99. The second-order valence-electron chi connectivity index (χ2n) is 5.28. The minimum Gasteiger partial charge on any atom is -0.495 e. The van der Waals surface area contributed by atoms with Crippen LogP contribution in [0.15, 0.2) is 36.5 Å². The highest BCUT2D eigenvalue weighted by Gasteiger charge is 2.13. The van der Waals surface area contributed by atoms with E-state index in [1.54, 1.807) is 19.4 Å². The summed E-state index contributed by atoms with van der Waals surface area (Å²) < 4.78 is 10.8. The van der Waals surface area contributed by atoms with Gasteiger partial charge in [-0.25, -0.2) is 0 Å².